The van der Waals surface area contributed by atoms with Crippen LogP contribution < -0.4 is 11.1 Å². The average Bonchev–Trinajstić information content (AvgIpc) is 1.65. The topological polar surface area (TPSA) is 64.3 Å². The number of methoxy groups -OCH3 is 1. The Morgan fingerprint density at radius 2 is 2.38 bits per heavy atom. The molecule has 46 valence electrons. The first kappa shape index (κ1) is 6.81. The number of rotatable bonds is 1. The molecule has 4 heteroatoms. The maximum Gasteiger partial charge on any atom is 0.412 e. The standard InChI is InChI=1S/C4H8N2O2/c1-3(5)6-4(7)8-2/h1,5H2,2H3,(H,6,7). The Labute approximate surface area is 47.3 Å². The van der Waals surface area contributed by atoms with Crippen molar-refractivity contribution in [1.29, 1.82) is 0 Å². The number of carbonyl (C=O) groups excluding carboxylic acids is 1. The van der Waals surface area contributed by atoms with Crippen LogP contribution in [-0.2, 0) is 4.74 Å². The summed E-state index contributed by atoms with van der Waals surface area (Å²) >= 11 is 0. The van der Waals surface area contributed by atoms with Crippen LogP contribution in [0.3, 0.4) is 0 Å². The number of hydrogen-bond acceptors (Lipinski definition) is 3. The van der Waals surface area contributed by atoms with Crippen LogP contribution in [0.15, 0.2) is 12.4 Å². The largest absolute Gasteiger partial charge is 0.453 e. The molecular formula is C4H8N2O2. The van der Waals surface area contributed by atoms with Crippen LogP contribution in [0, 0.1) is 0 Å². The van der Waals surface area contributed by atoms with Crippen LogP contribution in [0.4, 0.5) is 4.79 Å². The summed E-state index contributed by atoms with van der Waals surface area (Å²) in [6.45, 7) is 3.21. The van der Waals surface area contributed by atoms with Gasteiger partial charge in [0.2, 0.25) is 0 Å². The maximum atomic E-state index is 10.1. The Morgan fingerprint density at radius 3 is 2.50 bits per heavy atom. The highest BCUT2D eigenvalue weighted by Crippen LogP contribution is 1.72. The van der Waals surface area contributed by atoms with Gasteiger partial charge in [-0.05, 0) is 0 Å². The highest BCUT2D eigenvalue weighted by atomic mass is 16.5. The highest BCUT2D eigenvalue weighted by molar-refractivity contribution is 5.68. The smallest absolute Gasteiger partial charge is 0.412 e. The first-order valence-electron chi connectivity index (χ1n) is 1.96. The van der Waals surface area contributed by atoms with Crippen molar-refractivity contribution in [1.82, 2.24) is 5.32 Å². The number of carbonyl (C=O) groups is 1. The second-order valence-electron chi connectivity index (χ2n) is 1.14. The van der Waals surface area contributed by atoms with E-state index >= 15 is 0 Å². The fourth-order valence-electron chi connectivity index (χ4n) is 0.182. The SMILES string of the molecule is C=C(N)NC(=O)OC. The summed E-state index contributed by atoms with van der Waals surface area (Å²) in [5.41, 5.74) is 4.96. The van der Waals surface area contributed by atoms with Gasteiger partial charge in [0.25, 0.3) is 0 Å². The van der Waals surface area contributed by atoms with E-state index in [9.17, 15) is 4.79 Å². The van der Waals surface area contributed by atoms with Gasteiger partial charge in [-0.15, -0.1) is 0 Å². The van der Waals surface area contributed by atoms with Gasteiger partial charge in [0.05, 0.1) is 12.9 Å². The van der Waals surface area contributed by atoms with Crippen molar-refractivity contribution < 1.29 is 9.53 Å². The number of alkyl carbamates (subject to hydrolysis) is 1. The van der Waals surface area contributed by atoms with E-state index in [1.807, 2.05) is 0 Å². The molecule has 0 radical (unpaired) electrons. The lowest BCUT2D eigenvalue weighted by Crippen LogP contribution is -2.25. The zero-order valence-electron chi connectivity index (χ0n) is 4.60. The van der Waals surface area contributed by atoms with Gasteiger partial charge in [0.15, 0.2) is 0 Å². The molecule has 8 heavy (non-hydrogen) atoms. The van der Waals surface area contributed by atoms with E-state index in [0.29, 0.717) is 0 Å². The second kappa shape index (κ2) is 2.90. The molecule has 3 N–H and O–H groups in total. The van der Waals surface area contributed by atoms with Gasteiger partial charge < -0.3 is 10.5 Å². The van der Waals surface area contributed by atoms with Gasteiger partial charge >= 0.3 is 6.09 Å². The minimum atomic E-state index is -0.600. The lowest BCUT2D eigenvalue weighted by molar-refractivity contribution is 0.174. The average molecular weight is 116 g/mol. The molecule has 0 aromatic rings. The van der Waals surface area contributed by atoms with Gasteiger partial charge in [-0.2, -0.15) is 0 Å². The van der Waals surface area contributed by atoms with Crippen molar-refractivity contribution in [3.8, 4) is 0 Å². The van der Waals surface area contributed by atoms with Crippen LogP contribution in [0.1, 0.15) is 0 Å². The van der Waals surface area contributed by atoms with Crippen molar-refractivity contribution >= 4 is 6.09 Å². The summed E-state index contributed by atoms with van der Waals surface area (Å²) in [6.07, 6.45) is -0.600. The molecule has 0 aliphatic heterocycles. The predicted octanol–water partition coefficient (Wildman–Crippen LogP) is -0.228. The summed E-state index contributed by atoms with van der Waals surface area (Å²) in [4.78, 5) is 10.1. The molecule has 0 rings (SSSR count). The zero-order chi connectivity index (χ0) is 6.57. The quantitative estimate of drug-likeness (QED) is 0.497. The van der Waals surface area contributed by atoms with Crippen LogP contribution >= 0.6 is 0 Å². The first-order chi connectivity index (χ1) is 3.66. The van der Waals surface area contributed by atoms with Crippen LogP contribution in [0.5, 0.6) is 0 Å². The minimum absolute atomic E-state index is 0.0804. The molecule has 4 nitrogen and oxygen atoms in total. The Kier molecular flexibility index (Phi) is 2.47. The van der Waals surface area contributed by atoms with Crippen molar-refractivity contribution in [2.24, 2.45) is 5.73 Å². The molecule has 0 aliphatic carbocycles. The van der Waals surface area contributed by atoms with E-state index in [0.717, 1.165) is 0 Å². The fourth-order valence-corrected chi connectivity index (χ4v) is 0.182. The Balaban J connectivity index is 3.40. The van der Waals surface area contributed by atoms with Gasteiger partial charge in [0, 0.05) is 0 Å². The number of nitrogens with two attached hydrogens (primary N) is 1. The molecule has 0 spiro atoms. The van der Waals surface area contributed by atoms with Crippen molar-refractivity contribution in [3.63, 3.8) is 0 Å². The number of ether oxygens (including phenoxy) is 1. The van der Waals surface area contributed by atoms with E-state index in [1.54, 1.807) is 0 Å². The highest BCUT2D eigenvalue weighted by Gasteiger charge is 1.94. The summed E-state index contributed by atoms with van der Waals surface area (Å²) in [7, 11) is 1.25. The molecule has 0 fully saturated rings. The Bertz CT molecular complexity index is 111. The van der Waals surface area contributed by atoms with Crippen molar-refractivity contribution in [2.45, 2.75) is 0 Å². The number of nitrogens with one attached hydrogen (secondary N) is 1. The maximum absolute atomic E-state index is 10.1. The second-order valence-corrected chi connectivity index (χ2v) is 1.14. The van der Waals surface area contributed by atoms with Gasteiger partial charge in [-0.25, -0.2) is 4.79 Å². The molecule has 0 saturated carbocycles. The lowest BCUT2D eigenvalue weighted by atomic mass is 10.8. The van der Waals surface area contributed by atoms with E-state index in [1.165, 1.54) is 7.11 Å². The fraction of sp³-hybridized carbons (Fsp3) is 0.250. The van der Waals surface area contributed by atoms with Crippen LogP contribution in [0.25, 0.3) is 0 Å². The molecular weight excluding hydrogens is 108 g/mol. The number of hydrogen-bond donors (Lipinski definition) is 2. The summed E-state index contributed by atoms with van der Waals surface area (Å²) in [5.74, 6) is 0.0804. The third-order valence-electron chi connectivity index (χ3n) is 0.448. The van der Waals surface area contributed by atoms with Crippen molar-refractivity contribution in [2.75, 3.05) is 7.11 Å². The summed E-state index contributed by atoms with van der Waals surface area (Å²) in [6, 6.07) is 0. The monoisotopic (exact) mass is 116 g/mol. The third kappa shape index (κ3) is 3.02. The Morgan fingerprint density at radius 1 is 1.88 bits per heavy atom. The van der Waals surface area contributed by atoms with E-state index < -0.39 is 6.09 Å². The summed E-state index contributed by atoms with van der Waals surface area (Å²) < 4.78 is 4.17. The normalized spacial score (nSPS) is 7.62. The third-order valence-corrected chi connectivity index (χ3v) is 0.448. The van der Waals surface area contributed by atoms with Gasteiger partial charge in [-0.3, -0.25) is 5.32 Å². The van der Waals surface area contributed by atoms with Crippen LogP contribution in [-0.4, -0.2) is 13.2 Å². The lowest BCUT2D eigenvalue weighted by Gasteiger charge is -1.98. The molecule has 0 atom stereocenters. The molecule has 0 heterocycles. The molecule has 0 aliphatic rings. The molecule has 0 aromatic heterocycles. The molecule has 0 bridgehead atoms. The van der Waals surface area contributed by atoms with E-state index in [4.69, 9.17) is 5.73 Å². The van der Waals surface area contributed by atoms with Crippen LogP contribution in [0.2, 0.25) is 0 Å². The molecule has 0 saturated heterocycles. The first-order valence-corrected chi connectivity index (χ1v) is 1.96. The minimum Gasteiger partial charge on any atom is -0.453 e. The summed E-state index contributed by atoms with van der Waals surface area (Å²) in [5, 5.41) is 2.11. The zero-order valence-corrected chi connectivity index (χ0v) is 4.60. The van der Waals surface area contributed by atoms with Gasteiger partial charge in [0.1, 0.15) is 0 Å². The van der Waals surface area contributed by atoms with Gasteiger partial charge in [-0.1, -0.05) is 6.58 Å². The molecule has 0 aromatic carbocycles. The van der Waals surface area contributed by atoms with E-state index in [-0.39, 0.29) is 5.82 Å². The molecule has 1 amide bonds. The number of amides is 1. The van der Waals surface area contributed by atoms with E-state index in [2.05, 4.69) is 16.6 Å². The predicted molar refractivity (Wildman–Crippen MR) is 28.9 cm³/mol. The Hall–Kier alpha value is -1.19. The molecule has 0 unspecified atom stereocenters. The van der Waals surface area contributed by atoms with Crippen molar-refractivity contribution in [3.05, 3.63) is 12.4 Å².